The number of thiazole rings is 1. The van der Waals surface area contributed by atoms with E-state index in [4.69, 9.17) is 0 Å². The molecule has 0 radical (unpaired) electrons. The quantitative estimate of drug-likeness (QED) is 0.804. The van der Waals surface area contributed by atoms with Gasteiger partial charge in [-0.2, -0.15) is 5.10 Å². The highest BCUT2D eigenvalue weighted by Gasteiger charge is 2.11. The Balaban J connectivity index is 1.78. The highest BCUT2D eigenvalue weighted by Crippen LogP contribution is 2.17. The highest BCUT2D eigenvalue weighted by atomic mass is 32.1. The highest BCUT2D eigenvalue weighted by molar-refractivity contribution is 7.15. The molecule has 0 aliphatic carbocycles. The van der Waals surface area contributed by atoms with Gasteiger partial charge in [0, 0.05) is 17.3 Å². The Labute approximate surface area is 119 Å². The maximum absolute atomic E-state index is 12.0. The van der Waals surface area contributed by atoms with E-state index in [0.717, 1.165) is 10.6 Å². The van der Waals surface area contributed by atoms with Crippen LogP contribution in [0.3, 0.4) is 0 Å². The van der Waals surface area contributed by atoms with E-state index in [1.54, 1.807) is 23.1 Å². The molecule has 20 heavy (non-hydrogen) atoms. The van der Waals surface area contributed by atoms with Crippen LogP contribution >= 0.6 is 11.3 Å². The Kier molecular flexibility index (Phi) is 3.30. The van der Waals surface area contributed by atoms with Gasteiger partial charge in [0.05, 0.1) is 5.69 Å². The molecule has 0 aliphatic rings. The van der Waals surface area contributed by atoms with Crippen molar-refractivity contribution >= 4 is 22.4 Å². The van der Waals surface area contributed by atoms with Gasteiger partial charge in [0.15, 0.2) is 10.8 Å². The summed E-state index contributed by atoms with van der Waals surface area (Å²) in [5.74, 6) is -0.256. The molecule has 1 amide bonds. The zero-order valence-corrected chi connectivity index (χ0v) is 11.6. The van der Waals surface area contributed by atoms with Gasteiger partial charge < -0.3 is 0 Å². The van der Waals surface area contributed by atoms with Crippen LogP contribution in [0.25, 0.3) is 5.69 Å². The number of aromatic nitrogens is 3. The van der Waals surface area contributed by atoms with Crippen LogP contribution in [0, 0.1) is 6.92 Å². The third kappa shape index (κ3) is 2.60. The van der Waals surface area contributed by atoms with Crippen LogP contribution in [-0.2, 0) is 0 Å². The molecule has 0 unspecified atom stereocenters. The van der Waals surface area contributed by atoms with Crippen molar-refractivity contribution in [3.05, 3.63) is 59.4 Å². The Hall–Kier alpha value is -2.47. The summed E-state index contributed by atoms with van der Waals surface area (Å²) >= 11 is 1.44. The molecule has 3 rings (SSSR count). The van der Waals surface area contributed by atoms with Gasteiger partial charge in [-0.1, -0.05) is 18.2 Å². The molecule has 0 saturated carbocycles. The van der Waals surface area contributed by atoms with Gasteiger partial charge >= 0.3 is 0 Å². The van der Waals surface area contributed by atoms with Crippen molar-refractivity contribution in [2.45, 2.75) is 6.92 Å². The average Bonchev–Trinajstić information content (AvgIpc) is 3.09. The second-order valence-electron chi connectivity index (χ2n) is 4.21. The number of carbonyl (C=O) groups excluding carboxylic acids is 1. The van der Waals surface area contributed by atoms with Crippen LogP contribution in [0.2, 0.25) is 0 Å². The van der Waals surface area contributed by atoms with E-state index in [2.05, 4.69) is 15.4 Å². The lowest BCUT2D eigenvalue weighted by atomic mass is 10.3. The van der Waals surface area contributed by atoms with Gasteiger partial charge in [0.2, 0.25) is 0 Å². The molecule has 3 aromatic rings. The number of nitrogens with one attached hydrogen (secondary N) is 1. The van der Waals surface area contributed by atoms with Crippen LogP contribution < -0.4 is 5.32 Å². The molecule has 0 saturated heterocycles. The molecule has 0 aliphatic heterocycles. The normalized spacial score (nSPS) is 10.4. The number of aryl methyl sites for hydroxylation is 1. The molecule has 0 spiro atoms. The van der Waals surface area contributed by atoms with Crippen molar-refractivity contribution in [2.24, 2.45) is 0 Å². The molecular weight excluding hydrogens is 272 g/mol. The van der Waals surface area contributed by atoms with Crippen LogP contribution in [0.1, 0.15) is 15.4 Å². The lowest BCUT2D eigenvalue weighted by Crippen LogP contribution is -2.12. The molecule has 5 nitrogen and oxygen atoms in total. The third-order valence-corrected chi connectivity index (χ3v) is 3.51. The van der Waals surface area contributed by atoms with Crippen molar-refractivity contribution in [1.29, 1.82) is 0 Å². The number of benzene rings is 1. The zero-order valence-electron chi connectivity index (χ0n) is 10.8. The predicted octanol–water partition coefficient (Wildman–Crippen LogP) is 2.89. The number of para-hydroxylation sites is 1. The number of hydrogen-bond acceptors (Lipinski definition) is 4. The maximum atomic E-state index is 12.0. The van der Waals surface area contributed by atoms with Gasteiger partial charge in [0.25, 0.3) is 5.91 Å². The fourth-order valence-corrected chi connectivity index (χ4v) is 2.40. The van der Waals surface area contributed by atoms with Crippen molar-refractivity contribution in [3.8, 4) is 5.69 Å². The van der Waals surface area contributed by atoms with Gasteiger partial charge in [-0.05, 0) is 25.1 Å². The van der Waals surface area contributed by atoms with Gasteiger partial charge in [-0.15, -0.1) is 11.3 Å². The van der Waals surface area contributed by atoms with Crippen molar-refractivity contribution in [2.75, 3.05) is 5.32 Å². The average molecular weight is 284 g/mol. The van der Waals surface area contributed by atoms with Gasteiger partial charge in [0.1, 0.15) is 0 Å². The van der Waals surface area contributed by atoms with E-state index < -0.39 is 0 Å². The molecule has 0 fully saturated rings. The van der Waals surface area contributed by atoms with Crippen molar-refractivity contribution in [1.82, 2.24) is 14.8 Å². The molecule has 1 N–H and O–H groups in total. The Morgan fingerprint density at radius 3 is 2.75 bits per heavy atom. The smallest absolute Gasteiger partial charge is 0.277 e. The van der Waals surface area contributed by atoms with Crippen LogP contribution in [0.15, 0.2) is 48.8 Å². The van der Waals surface area contributed by atoms with Gasteiger partial charge in [-0.25, -0.2) is 9.67 Å². The summed E-state index contributed by atoms with van der Waals surface area (Å²) in [7, 11) is 0. The first-order valence-electron chi connectivity index (χ1n) is 6.07. The molecular formula is C14H12N4OS. The zero-order chi connectivity index (χ0) is 13.9. The summed E-state index contributed by atoms with van der Waals surface area (Å²) < 4.78 is 1.67. The number of rotatable bonds is 3. The first-order chi connectivity index (χ1) is 9.72. The van der Waals surface area contributed by atoms with E-state index >= 15 is 0 Å². The Morgan fingerprint density at radius 2 is 2.05 bits per heavy atom. The predicted molar refractivity (Wildman–Crippen MR) is 78.4 cm³/mol. The minimum absolute atomic E-state index is 0.256. The maximum Gasteiger partial charge on any atom is 0.277 e. The summed E-state index contributed by atoms with van der Waals surface area (Å²) in [6.45, 7) is 1.94. The lowest BCUT2D eigenvalue weighted by Gasteiger charge is -2.00. The van der Waals surface area contributed by atoms with Crippen molar-refractivity contribution in [3.63, 3.8) is 0 Å². The first kappa shape index (κ1) is 12.6. The summed E-state index contributed by atoms with van der Waals surface area (Å²) in [6, 6.07) is 11.3. The van der Waals surface area contributed by atoms with Crippen molar-refractivity contribution < 1.29 is 4.79 Å². The molecule has 1 aromatic carbocycles. The molecule has 2 heterocycles. The lowest BCUT2D eigenvalue weighted by molar-refractivity contribution is 0.102. The molecule has 0 bridgehead atoms. The van der Waals surface area contributed by atoms with Crippen LogP contribution in [0.5, 0.6) is 0 Å². The topological polar surface area (TPSA) is 59.8 Å². The first-order valence-corrected chi connectivity index (χ1v) is 6.89. The third-order valence-electron chi connectivity index (χ3n) is 2.68. The Bertz CT molecular complexity index is 732. The number of anilines is 1. The standard InChI is InChI=1S/C14H12N4OS/c1-10-9-15-14(20-10)16-13(19)12-7-8-18(17-12)11-5-3-2-4-6-11/h2-9H,1H3,(H,15,16,19). The number of nitrogens with zero attached hydrogens (tertiary/aromatic N) is 3. The van der Waals surface area contributed by atoms with Crippen LogP contribution in [0.4, 0.5) is 5.13 Å². The number of carbonyl (C=O) groups is 1. The van der Waals surface area contributed by atoms with E-state index in [-0.39, 0.29) is 5.91 Å². The van der Waals surface area contributed by atoms with E-state index in [9.17, 15) is 4.79 Å². The van der Waals surface area contributed by atoms with E-state index in [1.807, 2.05) is 37.3 Å². The van der Waals surface area contributed by atoms with E-state index in [1.165, 1.54) is 11.3 Å². The second-order valence-corrected chi connectivity index (χ2v) is 5.45. The molecule has 100 valence electrons. The monoisotopic (exact) mass is 284 g/mol. The van der Waals surface area contributed by atoms with Crippen LogP contribution in [-0.4, -0.2) is 20.7 Å². The summed E-state index contributed by atoms with van der Waals surface area (Å²) in [6.07, 6.45) is 3.49. The largest absolute Gasteiger partial charge is 0.296 e. The van der Waals surface area contributed by atoms with E-state index in [0.29, 0.717) is 10.8 Å². The fraction of sp³-hybridized carbons (Fsp3) is 0.0714. The number of amides is 1. The molecule has 2 aromatic heterocycles. The summed E-state index contributed by atoms with van der Waals surface area (Å²) in [4.78, 5) is 17.2. The minimum Gasteiger partial charge on any atom is -0.296 e. The second kappa shape index (κ2) is 5.26. The molecule has 6 heteroatoms. The summed E-state index contributed by atoms with van der Waals surface area (Å²) in [5, 5.41) is 7.59. The Morgan fingerprint density at radius 1 is 1.25 bits per heavy atom. The number of hydrogen-bond donors (Lipinski definition) is 1. The fourth-order valence-electron chi connectivity index (χ4n) is 1.74. The molecule has 0 atom stereocenters. The van der Waals surface area contributed by atoms with Gasteiger partial charge in [-0.3, -0.25) is 10.1 Å². The SMILES string of the molecule is Cc1cnc(NC(=O)c2ccn(-c3ccccc3)n2)s1. The minimum atomic E-state index is -0.256. The summed E-state index contributed by atoms with van der Waals surface area (Å²) in [5.41, 5.74) is 1.28.